The number of carbonyl (C=O) groups excluding carboxylic acids is 1. The number of anilines is 2. The lowest BCUT2D eigenvalue weighted by atomic mass is 9.92. The Bertz CT molecular complexity index is 578. The van der Waals surface area contributed by atoms with Crippen LogP contribution < -0.4 is 11.1 Å². The molecule has 2 rings (SSSR count). The smallest absolute Gasteiger partial charge is 0.256 e. The van der Waals surface area contributed by atoms with Crippen LogP contribution in [0.25, 0.3) is 0 Å². The van der Waals surface area contributed by atoms with Crippen molar-refractivity contribution in [3.8, 4) is 0 Å². The number of nitrogens with one attached hydrogen (secondary N) is 2. The molecule has 0 atom stereocenters. The largest absolute Gasteiger partial charge is 0.399 e. The van der Waals surface area contributed by atoms with Crippen LogP contribution in [0.2, 0.25) is 0 Å². The second-order valence-corrected chi connectivity index (χ2v) is 5.49. The molecule has 5 heteroatoms. The quantitative estimate of drug-likeness (QED) is 0.724. The average Bonchev–Trinajstić information content (AvgIpc) is 2.78. The van der Waals surface area contributed by atoms with Crippen molar-refractivity contribution < 1.29 is 4.79 Å². The summed E-state index contributed by atoms with van der Waals surface area (Å²) in [5.74, 6) is 0.318. The highest BCUT2D eigenvalue weighted by Crippen LogP contribution is 2.22. The second-order valence-electron chi connectivity index (χ2n) is 5.49. The van der Waals surface area contributed by atoms with Gasteiger partial charge in [-0.15, -0.1) is 0 Å². The summed E-state index contributed by atoms with van der Waals surface area (Å²) in [5, 5.41) is 9.76. The van der Waals surface area contributed by atoms with Gasteiger partial charge in [-0.1, -0.05) is 20.8 Å². The van der Waals surface area contributed by atoms with Crippen molar-refractivity contribution in [1.82, 2.24) is 10.2 Å². The van der Waals surface area contributed by atoms with Crippen molar-refractivity contribution in [2.75, 3.05) is 11.1 Å². The van der Waals surface area contributed by atoms with Crippen LogP contribution in [-0.2, 0) is 5.41 Å². The number of rotatable bonds is 2. The van der Waals surface area contributed by atoms with Crippen LogP contribution in [0, 0.1) is 0 Å². The van der Waals surface area contributed by atoms with Crippen molar-refractivity contribution in [2.24, 2.45) is 0 Å². The molecule has 0 saturated heterocycles. The fraction of sp³-hybridized carbons (Fsp3) is 0.286. The number of hydrogen-bond donors (Lipinski definition) is 3. The summed E-state index contributed by atoms with van der Waals surface area (Å²) in [6, 6.07) is 8.60. The number of carbonyl (C=O) groups is 1. The summed E-state index contributed by atoms with van der Waals surface area (Å²) in [4.78, 5) is 12.0. The van der Waals surface area contributed by atoms with Crippen LogP contribution in [0.3, 0.4) is 0 Å². The Balaban J connectivity index is 2.11. The highest BCUT2D eigenvalue weighted by molar-refractivity contribution is 6.03. The molecule has 4 N–H and O–H groups in total. The summed E-state index contributed by atoms with van der Waals surface area (Å²) >= 11 is 0. The molecule has 0 unspecified atom stereocenters. The molecule has 0 fully saturated rings. The Kier molecular flexibility index (Phi) is 3.29. The normalized spacial score (nSPS) is 11.3. The molecule has 0 saturated carbocycles. The van der Waals surface area contributed by atoms with Crippen molar-refractivity contribution in [3.05, 3.63) is 41.6 Å². The van der Waals surface area contributed by atoms with Gasteiger partial charge in [0.1, 0.15) is 0 Å². The number of amides is 1. The third-order valence-corrected chi connectivity index (χ3v) is 2.80. The molecule has 1 aromatic carbocycles. The van der Waals surface area contributed by atoms with Gasteiger partial charge in [0.2, 0.25) is 0 Å². The van der Waals surface area contributed by atoms with Gasteiger partial charge in [-0.3, -0.25) is 9.89 Å². The van der Waals surface area contributed by atoms with E-state index in [1.54, 1.807) is 24.3 Å². The summed E-state index contributed by atoms with van der Waals surface area (Å²) in [6.07, 6.45) is 0. The minimum atomic E-state index is -0.202. The first-order chi connectivity index (χ1) is 8.86. The third kappa shape index (κ3) is 3.13. The Hall–Kier alpha value is -2.30. The summed E-state index contributed by atoms with van der Waals surface area (Å²) in [5.41, 5.74) is 7.70. The predicted octanol–water partition coefficient (Wildman–Crippen LogP) is 2.54. The van der Waals surface area contributed by atoms with Crippen LogP contribution >= 0.6 is 0 Å². The molecule has 1 heterocycles. The SMILES string of the molecule is CC(C)(C)c1cc(NC(=O)c2ccc(N)cc2)n[nH]1. The Morgan fingerprint density at radius 1 is 1.26 bits per heavy atom. The van der Waals surface area contributed by atoms with E-state index in [4.69, 9.17) is 5.73 Å². The number of nitrogens with two attached hydrogens (primary N) is 1. The summed E-state index contributed by atoms with van der Waals surface area (Å²) in [7, 11) is 0. The molecule has 0 aliphatic rings. The Labute approximate surface area is 112 Å². The van der Waals surface area contributed by atoms with Gasteiger partial charge in [-0.2, -0.15) is 5.10 Å². The third-order valence-electron chi connectivity index (χ3n) is 2.80. The van der Waals surface area contributed by atoms with Crippen molar-refractivity contribution >= 4 is 17.4 Å². The zero-order valence-electron chi connectivity index (χ0n) is 11.3. The van der Waals surface area contributed by atoms with Gasteiger partial charge in [0.25, 0.3) is 5.91 Å². The molecule has 0 aliphatic heterocycles. The standard InChI is InChI=1S/C14H18N4O/c1-14(2,3)11-8-12(18-17-11)16-13(19)9-4-6-10(15)7-5-9/h4-8H,15H2,1-3H3,(H2,16,17,18,19). The van der Waals surface area contributed by atoms with E-state index in [9.17, 15) is 4.79 Å². The zero-order valence-corrected chi connectivity index (χ0v) is 11.3. The van der Waals surface area contributed by atoms with Crippen molar-refractivity contribution in [2.45, 2.75) is 26.2 Å². The van der Waals surface area contributed by atoms with E-state index in [1.807, 2.05) is 6.07 Å². The molecule has 1 aromatic heterocycles. The molecule has 0 bridgehead atoms. The highest BCUT2D eigenvalue weighted by atomic mass is 16.1. The lowest BCUT2D eigenvalue weighted by Crippen LogP contribution is -2.12. The van der Waals surface area contributed by atoms with Crippen molar-refractivity contribution in [1.29, 1.82) is 0 Å². The fourth-order valence-electron chi connectivity index (χ4n) is 1.59. The van der Waals surface area contributed by atoms with E-state index in [0.717, 1.165) is 5.69 Å². The number of aromatic nitrogens is 2. The second kappa shape index (κ2) is 4.76. The van der Waals surface area contributed by atoms with Crippen LogP contribution in [-0.4, -0.2) is 16.1 Å². The van der Waals surface area contributed by atoms with E-state index < -0.39 is 0 Å². The fourth-order valence-corrected chi connectivity index (χ4v) is 1.59. The maximum absolute atomic E-state index is 12.0. The van der Waals surface area contributed by atoms with E-state index in [-0.39, 0.29) is 11.3 Å². The number of hydrogen-bond acceptors (Lipinski definition) is 3. The Morgan fingerprint density at radius 2 is 1.89 bits per heavy atom. The molecular formula is C14H18N4O. The van der Waals surface area contributed by atoms with Crippen LogP contribution in [0.15, 0.2) is 30.3 Å². The maximum Gasteiger partial charge on any atom is 0.256 e. The lowest BCUT2D eigenvalue weighted by molar-refractivity contribution is 0.102. The minimum Gasteiger partial charge on any atom is -0.399 e. The number of nitrogens with zero attached hydrogens (tertiary/aromatic N) is 1. The first-order valence-electron chi connectivity index (χ1n) is 6.09. The molecule has 0 aliphatic carbocycles. The molecule has 19 heavy (non-hydrogen) atoms. The molecule has 0 spiro atoms. The Morgan fingerprint density at radius 3 is 2.42 bits per heavy atom. The van der Waals surface area contributed by atoms with Crippen LogP contribution in [0.5, 0.6) is 0 Å². The summed E-state index contributed by atoms with van der Waals surface area (Å²) in [6.45, 7) is 6.23. The molecule has 0 radical (unpaired) electrons. The molecule has 2 aromatic rings. The van der Waals surface area contributed by atoms with Gasteiger partial charge < -0.3 is 11.1 Å². The zero-order chi connectivity index (χ0) is 14.0. The number of H-pyrrole nitrogens is 1. The van der Waals surface area contributed by atoms with Crippen LogP contribution in [0.1, 0.15) is 36.8 Å². The first-order valence-corrected chi connectivity index (χ1v) is 6.09. The van der Waals surface area contributed by atoms with E-state index >= 15 is 0 Å². The number of aromatic amines is 1. The van der Waals surface area contributed by atoms with Crippen molar-refractivity contribution in [3.63, 3.8) is 0 Å². The van der Waals surface area contributed by atoms with E-state index in [1.165, 1.54) is 0 Å². The molecule has 5 nitrogen and oxygen atoms in total. The topological polar surface area (TPSA) is 83.8 Å². The monoisotopic (exact) mass is 258 g/mol. The maximum atomic E-state index is 12.0. The predicted molar refractivity (Wildman–Crippen MR) is 76.1 cm³/mol. The number of nitrogen functional groups attached to an aromatic ring is 1. The van der Waals surface area contributed by atoms with E-state index in [0.29, 0.717) is 17.1 Å². The average molecular weight is 258 g/mol. The van der Waals surface area contributed by atoms with Gasteiger partial charge in [0.15, 0.2) is 5.82 Å². The lowest BCUT2D eigenvalue weighted by Gasteiger charge is -2.14. The van der Waals surface area contributed by atoms with Gasteiger partial charge in [0.05, 0.1) is 0 Å². The molecule has 1 amide bonds. The van der Waals surface area contributed by atoms with Gasteiger partial charge in [-0.05, 0) is 24.3 Å². The number of benzene rings is 1. The first kappa shape index (κ1) is 13.1. The van der Waals surface area contributed by atoms with Gasteiger partial charge in [-0.25, -0.2) is 0 Å². The molecule has 100 valence electrons. The minimum absolute atomic E-state index is 0.0306. The van der Waals surface area contributed by atoms with Crippen LogP contribution in [0.4, 0.5) is 11.5 Å². The van der Waals surface area contributed by atoms with E-state index in [2.05, 4.69) is 36.3 Å². The van der Waals surface area contributed by atoms with Gasteiger partial charge in [0, 0.05) is 28.4 Å². The summed E-state index contributed by atoms with van der Waals surface area (Å²) < 4.78 is 0. The molecular weight excluding hydrogens is 240 g/mol. The highest BCUT2D eigenvalue weighted by Gasteiger charge is 2.17. The van der Waals surface area contributed by atoms with Gasteiger partial charge >= 0.3 is 0 Å².